The number of benzene rings is 1. The Morgan fingerprint density at radius 3 is 2.46 bits per heavy atom. The second kappa shape index (κ2) is 8.62. The van der Waals surface area contributed by atoms with Gasteiger partial charge in [-0.05, 0) is 24.8 Å². The summed E-state index contributed by atoms with van der Waals surface area (Å²) in [6, 6.07) is 7.51. The van der Waals surface area contributed by atoms with E-state index in [-0.39, 0.29) is 11.8 Å². The quantitative estimate of drug-likeness (QED) is 0.744. The molecule has 1 aromatic carbocycles. The normalized spacial score (nSPS) is 17.9. The van der Waals surface area contributed by atoms with Crippen molar-refractivity contribution in [2.75, 3.05) is 26.2 Å². The first-order valence-electron chi connectivity index (χ1n) is 9.89. The minimum atomic E-state index is -0.0151. The van der Waals surface area contributed by atoms with Crippen molar-refractivity contribution in [3.63, 3.8) is 0 Å². The Morgan fingerprint density at radius 1 is 1.07 bits per heavy atom. The molecule has 1 aliphatic carbocycles. The predicted molar refractivity (Wildman–Crippen MR) is 112 cm³/mol. The first-order valence-corrected chi connectivity index (χ1v) is 11.1. The molecule has 1 saturated heterocycles. The van der Waals surface area contributed by atoms with E-state index < -0.39 is 0 Å². The fraction of sp³-hybridized carbons (Fsp3) is 0.476. The van der Waals surface area contributed by atoms with Crippen molar-refractivity contribution in [1.82, 2.24) is 14.8 Å². The fourth-order valence-corrected chi connectivity index (χ4v) is 5.24. The summed E-state index contributed by atoms with van der Waals surface area (Å²) in [5, 5.41) is 1.38. The minimum absolute atomic E-state index is 0.0151. The molecule has 0 unspecified atom stereocenters. The Morgan fingerprint density at radius 2 is 1.75 bits per heavy atom. The van der Waals surface area contributed by atoms with Crippen LogP contribution in [0.1, 0.15) is 41.8 Å². The van der Waals surface area contributed by atoms with E-state index in [4.69, 9.17) is 11.6 Å². The van der Waals surface area contributed by atoms with Gasteiger partial charge in [0.15, 0.2) is 0 Å². The highest BCUT2D eigenvalue weighted by atomic mass is 35.5. The number of carbonyl (C=O) groups is 2. The van der Waals surface area contributed by atoms with Crippen molar-refractivity contribution in [3.05, 3.63) is 40.4 Å². The molecule has 4 rings (SSSR count). The van der Waals surface area contributed by atoms with Crippen LogP contribution < -0.4 is 0 Å². The Bertz CT molecular complexity index is 855. The standard InChI is InChI=1S/C21H24ClN3O2S/c22-17-8-4-3-7-16(17)20-23-14-18(28-20)21(27)25-11-9-24(10-12-25)19(26)13-15-5-1-2-6-15/h3-4,7-8,14-15H,1-2,5-6,9-13H2. The molecule has 148 valence electrons. The third-order valence-corrected chi connectivity index (χ3v) is 7.03. The lowest BCUT2D eigenvalue weighted by Crippen LogP contribution is -2.50. The lowest BCUT2D eigenvalue weighted by molar-refractivity contribution is -0.133. The monoisotopic (exact) mass is 417 g/mol. The molecule has 1 aliphatic heterocycles. The van der Waals surface area contributed by atoms with E-state index in [1.54, 1.807) is 6.20 Å². The van der Waals surface area contributed by atoms with Crippen LogP contribution in [0.25, 0.3) is 10.6 Å². The molecule has 0 bridgehead atoms. The van der Waals surface area contributed by atoms with Gasteiger partial charge < -0.3 is 9.80 Å². The first-order chi connectivity index (χ1) is 13.6. The van der Waals surface area contributed by atoms with E-state index in [1.165, 1.54) is 37.0 Å². The van der Waals surface area contributed by atoms with Gasteiger partial charge in [0.2, 0.25) is 5.91 Å². The number of amides is 2. The number of rotatable bonds is 4. The summed E-state index contributed by atoms with van der Waals surface area (Å²) < 4.78 is 0. The van der Waals surface area contributed by atoms with Gasteiger partial charge in [0.05, 0.1) is 11.2 Å². The van der Waals surface area contributed by atoms with Gasteiger partial charge >= 0.3 is 0 Å². The van der Waals surface area contributed by atoms with Crippen LogP contribution in [0, 0.1) is 5.92 Å². The second-order valence-corrected chi connectivity index (χ2v) is 8.97. The van der Waals surface area contributed by atoms with Crippen molar-refractivity contribution < 1.29 is 9.59 Å². The van der Waals surface area contributed by atoms with Crippen LogP contribution in [0.2, 0.25) is 5.02 Å². The van der Waals surface area contributed by atoms with Gasteiger partial charge in [-0.1, -0.05) is 42.6 Å². The molecule has 7 heteroatoms. The lowest BCUT2D eigenvalue weighted by Gasteiger charge is -2.35. The van der Waals surface area contributed by atoms with Gasteiger partial charge in [-0.15, -0.1) is 11.3 Å². The third-order valence-electron chi connectivity index (χ3n) is 5.68. The number of aromatic nitrogens is 1. The van der Waals surface area contributed by atoms with Crippen LogP contribution in [-0.2, 0) is 4.79 Å². The smallest absolute Gasteiger partial charge is 0.265 e. The molecule has 2 aromatic rings. The van der Waals surface area contributed by atoms with E-state index in [1.807, 2.05) is 34.1 Å². The Balaban J connectivity index is 1.34. The SMILES string of the molecule is O=C(CC1CCCC1)N1CCN(C(=O)c2cnc(-c3ccccc3Cl)s2)CC1. The van der Waals surface area contributed by atoms with E-state index in [0.29, 0.717) is 48.4 Å². The Kier molecular flexibility index (Phi) is 5.97. The summed E-state index contributed by atoms with van der Waals surface area (Å²) in [5.41, 5.74) is 0.843. The van der Waals surface area contributed by atoms with Crippen LogP contribution >= 0.6 is 22.9 Å². The van der Waals surface area contributed by atoms with Crippen LogP contribution in [0.4, 0.5) is 0 Å². The third kappa shape index (κ3) is 4.23. The maximum atomic E-state index is 12.8. The molecular weight excluding hydrogens is 394 g/mol. The Labute approximate surface area is 174 Å². The minimum Gasteiger partial charge on any atom is -0.339 e. The van der Waals surface area contributed by atoms with E-state index in [9.17, 15) is 9.59 Å². The molecule has 1 aromatic heterocycles. The van der Waals surface area contributed by atoms with E-state index in [0.717, 1.165) is 10.6 Å². The molecule has 1 saturated carbocycles. The number of piperazine rings is 1. The van der Waals surface area contributed by atoms with E-state index >= 15 is 0 Å². The molecule has 2 amide bonds. The van der Waals surface area contributed by atoms with Crippen molar-refractivity contribution in [1.29, 1.82) is 0 Å². The Hall–Kier alpha value is -1.92. The van der Waals surface area contributed by atoms with Crippen LogP contribution in [0.5, 0.6) is 0 Å². The van der Waals surface area contributed by atoms with Crippen molar-refractivity contribution >= 4 is 34.8 Å². The maximum Gasteiger partial charge on any atom is 0.265 e. The molecule has 28 heavy (non-hydrogen) atoms. The number of thiazole rings is 1. The van der Waals surface area contributed by atoms with Crippen LogP contribution in [0.15, 0.2) is 30.5 Å². The van der Waals surface area contributed by atoms with Crippen molar-refractivity contribution in [2.24, 2.45) is 5.92 Å². The summed E-state index contributed by atoms with van der Waals surface area (Å²) in [7, 11) is 0. The highest BCUT2D eigenvalue weighted by molar-refractivity contribution is 7.17. The average Bonchev–Trinajstić information content (AvgIpc) is 3.40. The van der Waals surface area contributed by atoms with Crippen LogP contribution in [-0.4, -0.2) is 52.8 Å². The van der Waals surface area contributed by atoms with Gasteiger partial charge in [0.1, 0.15) is 9.88 Å². The number of hydrogen-bond donors (Lipinski definition) is 0. The molecule has 0 N–H and O–H groups in total. The second-order valence-electron chi connectivity index (χ2n) is 7.54. The van der Waals surface area contributed by atoms with Gasteiger partial charge in [0, 0.05) is 38.2 Å². The van der Waals surface area contributed by atoms with Crippen molar-refractivity contribution in [3.8, 4) is 10.6 Å². The molecule has 5 nitrogen and oxygen atoms in total. The fourth-order valence-electron chi connectivity index (χ4n) is 4.04. The van der Waals surface area contributed by atoms with Gasteiger partial charge in [0.25, 0.3) is 5.91 Å². The van der Waals surface area contributed by atoms with Gasteiger partial charge in [-0.2, -0.15) is 0 Å². The highest BCUT2D eigenvalue weighted by Crippen LogP contribution is 2.32. The zero-order chi connectivity index (χ0) is 19.5. The summed E-state index contributed by atoms with van der Waals surface area (Å²) in [5.74, 6) is 0.795. The molecule has 0 atom stereocenters. The highest BCUT2D eigenvalue weighted by Gasteiger charge is 2.28. The maximum absolute atomic E-state index is 12.8. The zero-order valence-electron chi connectivity index (χ0n) is 15.8. The molecule has 2 heterocycles. The molecule has 2 aliphatic rings. The molecule has 2 fully saturated rings. The summed E-state index contributed by atoms with van der Waals surface area (Å²) in [6.07, 6.45) is 7.18. The van der Waals surface area contributed by atoms with E-state index in [2.05, 4.69) is 4.98 Å². The first kappa shape index (κ1) is 19.4. The zero-order valence-corrected chi connectivity index (χ0v) is 17.3. The summed E-state index contributed by atoms with van der Waals surface area (Å²) >= 11 is 7.60. The topological polar surface area (TPSA) is 53.5 Å². The van der Waals surface area contributed by atoms with Gasteiger partial charge in [-0.25, -0.2) is 4.98 Å². The largest absolute Gasteiger partial charge is 0.339 e. The molecule has 0 spiro atoms. The number of carbonyl (C=O) groups excluding carboxylic acids is 2. The summed E-state index contributed by atoms with van der Waals surface area (Å²) in [6.45, 7) is 2.39. The number of nitrogens with zero attached hydrogens (tertiary/aromatic N) is 3. The molecular formula is C21H24ClN3O2S. The summed E-state index contributed by atoms with van der Waals surface area (Å²) in [4.78, 5) is 34.1. The number of hydrogen-bond acceptors (Lipinski definition) is 4. The van der Waals surface area contributed by atoms with Crippen molar-refractivity contribution in [2.45, 2.75) is 32.1 Å². The molecule has 0 radical (unpaired) electrons. The average molecular weight is 418 g/mol. The lowest BCUT2D eigenvalue weighted by atomic mass is 10.0. The van der Waals surface area contributed by atoms with Gasteiger partial charge in [-0.3, -0.25) is 9.59 Å². The number of halogens is 1. The predicted octanol–water partition coefficient (Wildman–Crippen LogP) is 4.33. The van der Waals surface area contributed by atoms with Crippen LogP contribution in [0.3, 0.4) is 0 Å².